The SMILES string of the molecule is C/C=C/C[C@@H](C)[C@@H](O)[C@@H]1C(=O)N[C@@H](CC)C(=O)N(C)CC(=O)N(C)[C@@H]([C@@H](C)OC/C=C/COCCN2CCOCC2)C(=O)N[C@@H](C(C)C)C(=O)N(C)[C@@H](CC(C)C)C(=O)N[C@@H](C)C(=O)N2C(C)C[C@@H](C(=O)N(C)[C@@H](C(C)C)C(=O)N1C)N(C)C(=O)[C@H](CC(C)C)N(C)C(=O)[C@H]2C. The van der Waals surface area contributed by atoms with Gasteiger partial charge in [-0.1, -0.05) is 93.5 Å². The Bertz CT molecular complexity index is 2690. The van der Waals surface area contributed by atoms with Crippen molar-refractivity contribution in [1.82, 2.24) is 60.0 Å². The number of hydrogen-bond donors (Lipinski definition) is 4. The van der Waals surface area contributed by atoms with E-state index in [1.54, 1.807) is 86.6 Å². The molecular formula is C69H120N12O15. The Labute approximate surface area is 572 Å². The lowest BCUT2D eigenvalue weighted by Crippen LogP contribution is -2.65. The highest BCUT2D eigenvalue weighted by Gasteiger charge is 2.48. The van der Waals surface area contributed by atoms with Crippen LogP contribution in [0.2, 0.25) is 0 Å². The van der Waals surface area contributed by atoms with Crippen LogP contribution in [0.15, 0.2) is 24.3 Å². The van der Waals surface area contributed by atoms with Crippen molar-refractivity contribution in [3.8, 4) is 0 Å². The van der Waals surface area contributed by atoms with E-state index in [2.05, 4.69) is 20.9 Å². The molecule has 3 fully saturated rings. The molecule has 3 heterocycles. The molecule has 3 aliphatic heterocycles. The Morgan fingerprint density at radius 3 is 1.71 bits per heavy atom. The third-order valence-corrected chi connectivity index (χ3v) is 18.9. The molecule has 0 aliphatic carbocycles. The highest BCUT2D eigenvalue weighted by molar-refractivity contribution is 6.00. The van der Waals surface area contributed by atoms with Gasteiger partial charge in [-0.3, -0.25) is 57.6 Å². The van der Waals surface area contributed by atoms with Gasteiger partial charge in [0.2, 0.25) is 65.0 Å². The number of morpholine rings is 1. The van der Waals surface area contributed by atoms with Crippen LogP contribution in [0.1, 0.15) is 136 Å². The fraction of sp³-hybridized carbons (Fsp3) is 0.783. The first kappa shape index (κ1) is 83.7. The summed E-state index contributed by atoms with van der Waals surface area (Å²) >= 11 is 0. The molecule has 0 radical (unpaired) electrons. The van der Waals surface area contributed by atoms with Gasteiger partial charge < -0.3 is 74.5 Å². The smallest absolute Gasteiger partial charge is 0.246 e. The molecule has 14 atom stereocenters. The van der Waals surface area contributed by atoms with Crippen LogP contribution in [0.25, 0.3) is 0 Å². The second kappa shape index (κ2) is 39.1. The van der Waals surface area contributed by atoms with Crippen LogP contribution in [0, 0.1) is 29.6 Å². The summed E-state index contributed by atoms with van der Waals surface area (Å²) in [5.41, 5.74) is 0. The maximum atomic E-state index is 15.6. The Kier molecular flexibility index (Phi) is 34.1. The average Bonchev–Trinajstić information content (AvgIpc) is 0.791. The number of rotatable bonds is 20. The van der Waals surface area contributed by atoms with E-state index >= 15 is 28.8 Å². The van der Waals surface area contributed by atoms with Gasteiger partial charge in [0.15, 0.2) is 0 Å². The average molecular weight is 1360 g/mol. The molecule has 0 aromatic carbocycles. The number of aliphatic hydroxyl groups is 1. The third-order valence-electron chi connectivity index (χ3n) is 18.9. The molecule has 1 unspecified atom stereocenters. The van der Waals surface area contributed by atoms with Crippen LogP contribution in [0.5, 0.6) is 0 Å². The zero-order valence-electron chi connectivity index (χ0n) is 61.8. The monoisotopic (exact) mass is 1360 g/mol. The molecule has 27 nitrogen and oxygen atoms in total. The van der Waals surface area contributed by atoms with Crippen LogP contribution in [0.3, 0.4) is 0 Å². The second-order valence-corrected chi connectivity index (χ2v) is 28.1. The Hall–Kier alpha value is -6.55. The van der Waals surface area contributed by atoms with Crippen LogP contribution in [0.4, 0.5) is 0 Å². The molecule has 3 rings (SSSR count). The largest absolute Gasteiger partial charge is 0.390 e. The van der Waals surface area contributed by atoms with Gasteiger partial charge in [-0.05, 0) is 96.3 Å². The van der Waals surface area contributed by atoms with Gasteiger partial charge in [-0.15, -0.1) is 0 Å². The van der Waals surface area contributed by atoms with Crippen LogP contribution in [-0.4, -0.2) is 301 Å². The minimum Gasteiger partial charge on any atom is -0.390 e. The van der Waals surface area contributed by atoms with Gasteiger partial charge in [0.05, 0.1) is 51.8 Å². The summed E-state index contributed by atoms with van der Waals surface area (Å²) in [6.07, 6.45) is 4.71. The number of fused-ring (bicyclic) bond motifs is 3. The summed E-state index contributed by atoms with van der Waals surface area (Å²) in [6, 6.07) is -14.5. The van der Waals surface area contributed by atoms with E-state index < -0.39 is 168 Å². The van der Waals surface area contributed by atoms with Gasteiger partial charge in [0.1, 0.15) is 60.4 Å². The quantitative estimate of drug-likeness (QED) is 0.100. The molecule has 11 amide bonds. The summed E-state index contributed by atoms with van der Waals surface area (Å²) in [5.74, 6) is -10.2. The number of nitrogens with one attached hydrogen (secondary N) is 3. The highest BCUT2D eigenvalue weighted by atomic mass is 16.5. The van der Waals surface area contributed by atoms with E-state index in [9.17, 15) is 29.1 Å². The number of carbonyl (C=O) groups excluding carboxylic acids is 11. The van der Waals surface area contributed by atoms with Crippen LogP contribution in [-0.2, 0) is 67.0 Å². The number of aliphatic hydroxyl groups excluding tert-OH is 1. The van der Waals surface area contributed by atoms with Crippen molar-refractivity contribution >= 4 is 65.0 Å². The predicted octanol–water partition coefficient (Wildman–Crippen LogP) is 1.99. The molecular weight excluding hydrogens is 1240 g/mol. The molecule has 27 heteroatoms. The maximum Gasteiger partial charge on any atom is 0.246 e. The van der Waals surface area contributed by atoms with E-state index in [4.69, 9.17) is 14.2 Å². The Morgan fingerprint density at radius 2 is 1.15 bits per heavy atom. The number of carbonyl (C=O) groups is 11. The number of hydrogen-bond acceptors (Lipinski definition) is 16. The van der Waals surface area contributed by atoms with Crippen molar-refractivity contribution in [2.24, 2.45) is 29.6 Å². The van der Waals surface area contributed by atoms with Gasteiger partial charge in [0.25, 0.3) is 0 Å². The Balaban J connectivity index is 2.36. The van der Waals surface area contributed by atoms with E-state index in [1.165, 1.54) is 87.7 Å². The number of amides is 11. The van der Waals surface area contributed by atoms with E-state index in [0.717, 1.165) is 34.3 Å². The molecule has 0 aromatic heterocycles. The minimum atomic E-state index is -1.67. The van der Waals surface area contributed by atoms with Gasteiger partial charge in [-0.25, -0.2) is 0 Å². The van der Waals surface area contributed by atoms with Crippen molar-refractivity contribution < 1.29 is 72.1 Å². The fourth-order valence-electron chi connectivity index (χ4n) is 12.8. The summed E-state index contributed by atoms with van der Waals surface area (Å²) in [6.45, 7) is 29.4. The molecule has 0 saturated carbocycles. The first-order chi connectivity index (χ1) is 44.9. The topological polar surface area (TPSA) is 301 Å². The number of allylic oxidation sites excluding steroid dienone is 2. The number of likely N-dealkylation sites (N-methyl/N-ethyl adjacent to an activating group) is 7. The summed E-state index contributed by atoms with van der Waals surface area (Å²) in [4.78, 5) is 177. The van der Waals surface area contributed by atoms with Crippen molar-refractivity contribution in [1.29, 1.82) is 0 Å². The molecule has 4 N–H and O–H groups in total. The zero-order valence-corrected chi connectivity index (χ0v) is 61.8. The van der Waals surface area contributed by atoms with E-state index in [-0.39, 0.29) is 57.2 Å². The van der Waals surface area contributed by atoms with E-state index in [0.29, 0.717) is 19.8 Å². The lowest BCUT2D eigenvalue weighted by atomic mass is 9.91. The zero-order chi connectivity index (χ0) is 72.9. The van der Waals surface area contributed by atoms with Gasteiger partial charge in [-0.2, -0.15) is 0 Å². The summed E-state index contributed by atoms with van der Waals surface area (Å²) in [5, 5.41) is 20.7. The normalized spacial score (nSPS) is 28.0. The lowest BCUT2D eigenvalue weighted by Gasteiger charge is -2.45. The molecule has 3 aliphatic rings. The van der Waals surface area contributed by atoms with Crippen LogP contribution < -0.4 is 16.0 Å². The third kappa shape index (κ3) is 22.5. The van der Waals surface area contributed by atoms with Crippen molar-refractivity contribution in [2.45, 2.75) is 215 Å². The van der Waals surface area contributed by atoms with E-state index in [1.807, 2.05) is 27.7 Å². The van der Waals surface area contributed by atoms with Gasteiger partial charge in [0, 0.05) is 75.0 Å². The summed E-state index contributed by atoms with van der Waals surface area (Å²) in [7, 11) is 9.76. The standard InChI is InChI=1S/C69H120N12O15/c1-23-25-28-45(11)59(83)58-62(86)71-50(24-2)65(89)73(16)40-54(82)77(20)57(49(15)96-33-27-26-32-94-34-29-80-30-35-95-36-31-80)61(85)72-55(43(7)8)68(92)74(17)51(37-41(3)4)60(84)70-47(13)63(87)81-46(12)39-53(67(91)78(21)56(44(9)10)69(93)79(58)22)76(19)66(90)52(38-42(5)6)75(18)64(88)48(81)14/h23,25-27,41-53,55-59,83H,24,28-40H2,1-22H3,(H,70,84)(H,71,86)(H,72,85)/b25-23+,27-26+/t45-,46?,47+,48-,49-,50+,51+,52+,53+,55+,56+,57+,58-,59-/m1/s1. The molecule has 96 heavy (non-hydrogen) atoms. The Morgan fingerprint density at radius 1 is 0.583 bits per heavy atom. The maximum absolute atomic E-state index is 15.6. The fourth-order valence-corrected chi connectivity index (χ4v) is 12.8. The molecule has 546 valence electrons. The molecule has 3 saturated heterocycles. The second-order valence-electron chi connectivity index (χ2n) is 28.1. The number of ether oxygens (including phenoxy) is 3. The lowest BCUT2D eigenvalue weighted by molar-refractivity contribution is -0.161. The molecule has 0 aromatic rings. The minimum absolute atomic E-state index is 0.0175. The first-order valence-corrected chi connectivity index (χ1v) is 34.4. The number of nitrogens with zero attached hydrogens (tertiary/aromatic N) is 9. The van der Waals surface area contributed by atoms with Crippen molar-refractivity contribution in [3.05, 3.63) is 24.3 Å². The highest BCUT2D eigenvalue weighted by Crippen LogP contribution is 2.28. The predicted molar refractivity (Wildman–Crippen MR) is 365 cm³/mol. The van der Waals surface area contributed by atoms with Crippen molar-refractivity contribution in [2.75, 3.05) is 109 Å². The van der Waals surface area contributed by atoms with Crippen molar-refractivity contribution in [3.63, 3.8) is 0 Å². The first-order valence-electron chi connectivity index (χ1n) is 34.4. The summed E-state index contributed by atoms with van der Waals surface area (Å²) < 4.78 is 17.5. The molecule has 2 bridgehead atoms. The van der Waals surface area contributed by atoms with Crippen LogP contribution >= 0.6 is 0 Å². The molecule has 0 spiro atoms. The van der Waals surface area contributed by atoms with Gasteiger partial charge >= 0.3 is 0 Å².